The van der Waals surface area contributed by atoms with Crippen molar-refractivity contribution in [2.45, 2.75) is 27.1 Å². The SMILES string of the molecule is [C-]#[N+]c1ccc(COc2c(C)ncc(COc3ccc(C#N)cc3)c2C)cc1. The number of nitriles is 1. The van der Waals surface area contributed by atoms with Gasteiger partial charge in [-0.05, 0) is 43.7 Å². The van der Waals surface area contributed by atoms with Crippen LogP contribution in [0, 0.1) is 31.8 Å². The molecule has 3 aromatic rings. The minimum atomic E-state index is 0.362. The minimum absolute atomic E-state index is 0.362. The Morgan fingerprint density at radius 3 is 2.36 bits per heavy atom. The molecule has 0 aliphatic carbocycles. The summed E-state index contributed by atoms with van der Waals surface area (Å²) in [7, 11) is 0. The van der Waals surface area contributed by atoms with Gasteiger partial charge in [0.1, 0.15) is 24.7 Å². The van der Waals surface area contributed by atoms with E-state index in [1.54, 1.807) is 42.6 Å². The van der Waals surface area contributed by atoms with Crippen molar-refractivity contribution in [1.82, 2.24) is 4.98 Å². The lowest BCUT2D eigenvalue weighted by atomic mass is 10.1. The monoisotopic (exact) mass is 369 g/mol. The third-order valence-electron chi connectivity index (χ3n) is 4.39. The van der Waals surface area contributed by atoms with Crippen LogP contribution < -0.4 is 9.47 Å². The summed E-state index contributed by atoms with van der Waals surface area (Å²) in [6.45, 7) is 11.7. The molecule has 0 spiro atoms. The normalized spacial score (nSPS) is 10.0. The van der Waals surface area contributed by atoms with E-state index >= 15 is 0 Å². The fourth-order valence-electron chi connectivity index (χ4n) is 2.71. The van der Waals surface area contributed by atoms with Crippen LogP contribution in [0.4, 0.5) is 5.69 Å². The Morgan fingerprint density at radius 2 is 1.71 bits per heavy atom. The fraction of sp³-hybridized carbons (Fsp3) is 0.174. The number of benzene rings is 2. The molecule has 0 saturated heterocycles. The molecule has 2 aromatic carbocycles. The van der Waals surface area contributed by atoms with Gasteiger partial charge in [0.15, 0.2) is 5.69 Å². The molecule has 3 rings (SSSR count). The van der Waals surface area contributed by atoms with Crippen molar-refractivity contribution in [2.75, 3.05) is 0 Å². The van der Waals surface area contributed by atoms with Crippen molar-refractivity contribution in [2.24, 2.45) is 0 Å². The average molecular weight is 369 g/mol. The maximum absolute atomic E-state index is 8.86. The summed E-state index contributed by atoms with van der Waals surface area (Å²) in [5, 5.41) is 8.86. The minimum Gasteiger partial charge on any atom is -0.489 e. The van der Waals surface area contributed by atoms with Crippen LogP contribution in [-0.4, -0.2) is 4.98 Å². The molecular weight excluding hydrogens is 350 g/mol. The summed E-state index contributed by atoms with van der Waals surface area (Å²) in [6, 6.07) is 16.4. The lowest BCUT2D eigenvalue weighted by molar-refractivity contribution is 0.290. The average Bonchev–Trinajstić information content (AvgIpc) is 2.74. The van der Waals surface area contributed by atoms with Crippen molar-refractivity contribution >= 4 is 5.69 Å². The highest BCUT2D eigenvalue weighted by molar-refractivity contribution is 5.45. The standard InChI is InChI=1S/C23H19N3O2/c1-16-20(15-27-22-10-6-18(12-24)7-11-22)13-26-17(2)23(16)28-14-19-4-8-21(25-3)9-5-19/h4-11,13H,14-15H2,1-2H3. The topological polar surface area (TPSA) is 59.5 Å². The number of hydrogen-bond donors (Lipinski definition) is 0. The second kappa shape index (κ2) is 8.70. The molecule has 0 atom stereocenters. The Hall–Kier alpha value is -3.83. The van der Waals surface area contributed by atoms with E-state index in [-0.39, 0.29) is 0 Å². The van der Waals surface area contributed by atoms with E-state index in [0.29, 0.717) is 30.2 Å². The van der Waals surface area contributed by atoms with E-state index in [9.17, 15) is 0 Å². The van der Waals surface area contributed by atoms with Gasteiger partial charge in [0, 0.05) is 17.3 Å². The van der Waals surface area contributed by atoms with Crippen molar-refractivity contribution in [1.29, 1.82) is 5.26 Å². The first-order valence-electron chi connectivity index (χ1n) is 8.78. The Morgan fingerprint density at radius 1 is 1.00 bits per heavy atom. The van der Waals surface area contributed by atoms with Gasteiger partial charge in [0.2, 0.25) is 0 Å². The van der Waals surface area contributed by atoms with Crippen LogP contribution in [0.15, 0.2) is 54.7 Å². The molecule has 0 bridgehead atoms. The summed E-state index contributed by atoms with van der Waals surface area (Å²) in [5.74, 6) is 1.44. The number of pyridine rings is 1. The maximum atomic E-state index is 8.86. The summed E-state index contributed by atoms with van der Waals surface area (Å²) in [6.07, 6.45) is 1.80. The highest BCUT2D eigenvalue weighted by atomic mass is 16.5. The van der Waals surface area contributed by atoms with Crippen LogP contribution in [0.25, 0.3) is 4.85 Å². The first-order valence-corrected chi connectivity index (χ1v) is 8.78. The molecule has 0 radical (unpaired) electrons. The summed E-state index contributed by atoms with van der Waals surface area (Å²) in [4.78, 5) is 7.83. The number of aryl methyl sites for hydroxylation is 1. The molecule has 0 fully saturated rings. The van der Waals surface area contributed by atoms with Gasteiger partial charge >= 0.3 is 0 Å². The van der Waals surface area contributed by atoms with Crippen LogP contribution in [-0.2, 0) is 13.2 Å². The van der Waals surface area contributed by atoms with Crippen molar-refractivity contribution in [3.63, 3.8) is 0 Å². The molecule has 0 aliphatic rings. The molecule has 0 unspecified atom stereocenters. The van der Waals surface area contributed by atoms with Gasteiger partial charge in [0.05, 0.1) is 23.9 Å². The zero-order valence-electron chi connectivity index (χ0n) is 15.8. The Labute approximate surface area is 164 Å². The van der Waals surface area contributed by atoms with E-state index in [0.717, 1.165) is 28.1 Å². The van der Waals surface area contributed by atoms with E-state index in [1.807, 2.05) is 26.0 Å². The summed E-state index contributed by atoms with van der Waals surface area (Å²) >= 11 is 0. The zero-order valence-corrected chi connectivity index (χ0v) is 15.8. The largest absolute Gasteiger partial charge is 0.489 e. The summed E-state index contributed by atoms with van der Waals surface area (Å²) in [5.41, 5.74) is 4.94. The van der Waals surface area contributed by atoms with E-state index < -0.39 is 0 Å². The zero-order chi connectivity index (χ0) is 19.9. The lowest BCUT2D eigenvalue weighted by Crippen LogP contribution is -2.05. The maximum Gasteiger partial charge on any atom is 0.187 e. The third kappa shape index (κ3) is 4.47. The molecule has 28 heavy (non-hydrogen) atoms. The predicted octanol–water partition coefficient (Wildman–Crippen LogP) is 5.28. The van der Waals surface area contributed by atoms with Gasteiger partial charge in [-0.3, -0.25) is 4.98 Å². The van der Waals surface area contributed by atoms with Crippen LogP contribution in [0.5, 0.6) is 11.5 Å². The van der Waals surface area contributed by atoms with Gasteiger partial charge in [-0.1, -0.05) is 24.3 Å². The van der Waals surface area contributed by atoms with Crippen LogP contribution >= 0.6 is 0 Å². The number of nitrogens with zero attached hydrogens (tertiary/aromatic N) is 3. The number of ether oxygens (including phenoxy) is 2. The quantitative estimate of drug-likeness (QED) is 0.555. The molecular formula is C23H19N3O2. The molecule has 1 heterocycles. The number of rotatable bonds is 6. The Kier molecular flexibility index (Phi) is 5.89. The van der Waals surface area contributed by atoms with Gasteiger partial charge in [-0.25, -0.2) is 4.85 Å². The molecule has 0 N–H and O–H groups in total. The van der Waals surface area contributed by atoms with Gasteiger partial charge < -0.3 is 9.47 Å². The van der Waals surface area contributed by atoms with Gasteiger partial charge in [-0.2, -0.15) is 5.26 Å². The molecule has 1 aromatic heterocycles. The smallest absolute Gasteiger partial charge is 0.187 e. The highest BCUT2D eigenvalue weighted by Gasteiger charge is 2.11. The van der Waals surface area contributed by atoms with E-state index in [4.69, 9.17) is 21.3 Å². The highest BCUT2D eigenvalue weighted by Crippen LogP contribution is 2.26. The molecule has 0 saturated carbocycles. The number of hydrogen-bond acceptors (Lipinski definition) is 4. The first-order chi connectivity index (χ1) is 13.6. The van der Waals surface area contributed by atoms with Crippen molar-refractivity contribution in [3.8, 4) is 17.6 Å². The second-order valence-electron chi connectivity index (χ2n) is 6.31. The van der Waals surface area contributed by atoms with Gasteiger partial charge in [0.25, 0.3) is 0 Å². The van der Waals surface area contributed by atoms with Gasteiger partial charge in [-0.15, -0.1) is 0 Å². The van der Waals surface area contributed by atoms with E-state index in [1.165, 1.54) is 0 Å². The third-order valence-corrected chi connectivity index (χ3v) is 4.39. The molecule has 5 nitrogen and oxygen atoms in total. The first kappa shape index (κ1) is 18.9. The molecule has 138 valence electrons. The molecule has 5 heteroatoms. The second-order valence-corrected chi connectivity index (χ2v) is 6.31. The predicted molar refractivity (Wildman–Crippen MR) is 106 cm³/mol. The van der Waals surface area contributed by atoms with Crippen molar-refractivity contribution < 1.29 is 9.47 Å². The molecule has 0 amide bonds. The lowest BCUT2D eigenvalue weighted by Gasteiger charge is -2.15. The van der Waals surface area contributed by atoms with Crippen LogP contribution in [0.3, 0.4) is 0 Å². The fourth-order valence-corrected chi connectivity index (χ4v) is 2.71. The van der Waals surface area contributed by atoms with Crippen LogP contribution in [0.2, 0.25) is 0 Å². The molecule has 0 aliphatic heterocycles. The van der Waals surface area contributed by atoms with Crippen LogP contribution in [0.1, 0.15) is 27.9 Å². The number of aromatic nitrogens is 1. The Balaban J connectivity index is 1.69. The van der Waals surface area contributed by atoms with Crippen molar-refractivity contribution in [3.05, 3.63) is 94.1 Å². The summed E-state index contributed by atoms with van der Waals surface area (Å²) < 4.78 is 11.8. The van der Waals surface area contributed by atoms with E-state index in [2.05, 4.69) is 15.9 Å². The Bertz CT molecular complexity index is 1040.